The second kappa shape index (κ2) is 11.5. The van der Waals surface area contributed by atoms with Gasteiger partial charge >= 0.3 is 6.18 Å². The number of rotatable bonds is 10. The SMILES string of the molecule is CCn1nccc1C(=O)N[C@H](c1cn2ncc([C@@H](O)NC(O)CCC(F)(F)F)cc2n1)C1CCC(F)(F)CC1. The molecule has 3 heterocycles. The molecule has 1 amide bonds. The first-order valence-corrected chi connectivity index (χ1v) is 12.6. The highest BCUT2D eigenvalue weighted by molar-refractivity contribution is 5.92. The fourth-order valence-corrected chi connectivity index (χ4v) is 4.69. The minimum absolute atomic E-state index is 0.135. The van der Waals surface area contributed by atoms with Crippen molar-refractivity contribution in [2.45, 2.75) is 82.6 Å². The molecule has 15 heteroatoms. The van der Waals surface area contributed by atoms with Crippen LogP contribution >= 0.6 is 0 Å². The van der Waals surface area contributed by atoms with Crippen molar-refractivity contribution in [1.82, 2.24) is 35.0 Å². The number of carbonyl (C=O) groups is 1. The number of alkyl halides is 5. The highest BCUT2D eigenvalue weighted by atomic mass is 19.4. The van der Waals surface area contributed by atoms with Crippen LogP contribution in [0.1, 0.15) is 79.5 Å². The van der Waals surface area contributed by atoms with Gasteiger partial charge in [0, 0.05) is 37.6 Å². The molecule has 1 aliphatic carbocycles. The minimum atomic E-state index is -4.45. The Kier molecular flexibility index (Phi) is 8.51. The summed E-state index contributed by atoms with van der Waals surface area (Å²) in [4.78, 5) is 17.6. The van der Waals surface area contributed by atoms with Crippen LogP contribution in [-0.2, 0) is 6.54 Å². The number of aromatic nitrogens is 5. The summed E-state index contributed by atoms with van der Waals surface area (Å²) in [7, 11) is 0. The molecule has 0 saturated heterocycles. The molecule has 0 aliphatic heterocycles. The van der Waals surface area contributed by atoms with Gasteiger partial charge in [-0.1, -0.05) is 0 Å². The van der Waals surface area contributed by atoms with E-state index in [0.29, 0.717) is 17.9 Å². The molecule has 39 heavy (non-hydrogen) atoms. The molecule has 1 fully saturated rings. The Balaban J connectivity index is 1.55. The summed E-state index contributed by atoms with van der Waals surface area (Å²) >= 11 is 0. The standard InChI is InChI=1S/C24H30F5N7O3/c1-2-35-17(6-10-30-35)22(39)34-20(14-3-7-23(25,26)8-4-14)16-13-36-18(32-16)11-15(12-31-36)21(38)33-19(37)5-9-24(27,28)29/h6,10-14,19-21,33,37-38H,2-5,7-9H2,1H3,(H,34,39)/t19?,20-,21+/m0/s1. The number of aliphatic hydroxyl groups excluding tert-OH is 2. The topological polar surface area (TPSA) is 130 Å². The number of hydrogen-bond acceptors (Lipinski definition) is 7. The quantitative estimate of drug-likeness (QED) is 0.221. The third kappa shape index (κ3) is 7.28. The van der Waals surface area contributed by atoms with Gasteiger partial charge in [0.1, 0.15) is 18.1 Å². The Morgan fingerprint density at radius 1 is 1.23 bits per heavy atom. The van der Waals surface area contributed by atoms with Crippen LogP contribution in [0.25, 0.3) is 5.65 Å². The zero-order chi connectivity index (χ0) is 28.4. The monoisotopic (exact) mass is 559 g/mol. The molecule has 1 unspecified atom stereocenters. The van der Waals surface area contributed by atoms with Gasteiger partial charge in [0.25, 0.3) is 5.91 Å². The van der Waals surface area contributed by atoms with E-state index >= 15 is 0 Å². The maximum Gasteiger partial charge on any atom is 0.389 e. The number of imidazole rings is 1. The lowest BCUT2D eigenvalue weighted by molar-refractivity contribution is -0.142. The van der Waals surface area contributed by atoms with E-state index in [1.165, 1.54) is 27.7 Å². The lowest BCUT2D eigenvalue weighted by Gasteiger charge is -2.33. The van der Waals surface area contributed by atoms with E-state index in [4.69, 9.17) is 0 Å². The highest BCUT2D eigenvalue weighted by Gasteiger charge is 2.39. The Morgan fingerprint density at radius 3 is 2.62 bits per heavy atom. The maximum absolute atomic E-state index is 13.9. The average molecular weight is 560 g/mol. The van der Waals surface area contributed by atoms with Gasteiger partial charge in [-0.2, -0.15) is 23.4 Å². The van der Waals surface area contributed by atoms with Crippen molar-refractivity contribution in [3.63, 3.8) is 0 Å². The molecule has 0 spiro atoms. The molecule has 0 radical (unpaired) electrons. The molecule has 0 aromatic carbocycles. The third-order valence-electron chi connectivity index (χ3n) is 6.81. The number of carbonyl (C=O) groups excluding carboxylic acids is 1. The summed E-state index contributed by atoms with van der Waals surface area (Å²) in [6.45, 7) is 2.28. The Bertz CT molecular complexity index is 1270. The number of hydrogen-bond donors (Lipinski definition) is 4. The van der Waals surface area contributed by atoms with E-state index in [9.17, 15) is 37.0 Å². The zero-order valence-corrected chi connectivity index (χ0v) is 21.1. The van der Waals surface area contributed by atoms with Crippen molar-refractivity contribution in [1.29, 1.82) is 0 Å². The number of nitrogens with one attached hydrogen (secondary N) is 2. The molecular formula is C24H30F5N7O3. The first-order valence-electron chi connectivity index (χ1n) is 12.6. The van der Waals surface area contributed by atoms with Crippen LogP contribution in [0.2, 0.25) is 0 Å². The van der Waals surface area contributed by atoms with E-state index in [-0.39, 0.29) is 42.8 Å². The zero-order valence-electron chi connectivity index (χ0n) is 21.1. The molecule has 0 bridgehead atoms. The van der Waals surface area contributed by atoms with Crippen molar-refractivity contribution in [2.24, 2.45) is 5.92 Å². The summed E-state index contributed by atoms with van der Waals surface area (Å²) in [6.07, 6.45) is -5.50. The normalized spacial score (nSPS) is 18.7. The van der Waals surface area contributed by atoms with Gasteiger partial charge in [-0.25, -0.2) is 18.3 Å². The predicted octanol–water partition coefficient (Wildman–Crippen LogP) is 3.48. The molecular weight excluding hydrogens is 529 g/mol. The number of fused-ring (bicyclic) bond motifs is 1. The Morgan fingerprint density at radius 2 is 1.95 bits per heavy atom. The lowest BCUT2D eigenvalue weighted by Crippen LogP contribution is -2.38. The maximum atomic E-state index is 13.9. The van der Waals surface area contributed by atoms with E-state index in [2.05, 4.69) is 25.8 Å². The fourth-order valence-electron chi connectivity index (χ4n) is 4.69. The molecule has 1 saturated carbocycles. The van der Waals surface area contributed by atoms with E-state index in [1.807, 2.05) is 6.92 Å². The van der Waals surface area contributed by atoms with E-state index in [1.54, 1.807) is 12.3 Å². The minimum Gasteiger partial charge on any atom is -0.379 e. The molecule has 4 N–H and O–H groups in total. The summed E-state index contributed by atoms with van der Waals surface area (Å²) in [5.74, 6) is -3.53. The third-order valence-corrected chi connectivity index (χ3v) is 6.81. The first-order chi connectivity index (χ1) is 18.3. The predicted molar refractivity (Wildman–Crippen MR) is 127 cm³/mol. The molecule has 4 rings (SSSR count). The second-order valence-corrected chi connectivity index (χ2v) is 9.67. The van der Waals surface area contributed by atoms with Crippen LogP contribution < -0.4 is 10.6 Å². The number of aryl methyl sites for hydroxylation is 1. The number of aliphatic hydroxyl groups is 2. The van der Waals surface area contributed by atoms with Crippen molar-refractivity contribution < 1.29 is 37.0 Å². The van der Waals surface area contributed by atoms with Crippen LogP contribution in [0.4, 0.5) is 22.0 Å². The van der Waals surface area contributed by atoms with E-state index < -0.39 is 49.3 Å². The van der Waals surface area contributed by atoms with Crippen LogP contribution in [0, 0.1) is 5.92 Å². The van der Waals surface area contributed by atoms with Crippen LogP contribution in [-0.4, -0.2) is 58.8 Å². The first kappa shape index (κ1) is 28.8. The van der Waals surface area contributed by atoms with Crippen molar-refractivity contribution in [2.75, 3.05) is 0 Å². The van der Waals surface area contributed by atoms with Gasteiger partial charge in [-0.05, 0) is 44.2 Å². The summed E-state index contributed by atoms with van der Waals surface area (Å²) in [5.41, 5.74) is 1.06. The molecule has 3 aromatic heterocycles. The van der Waals surface area contributed by atoms with Crippen molar-refractivity contribution >= 4 is 11.6 Å². The molecule has 1 aliphatic rings. The summed E-state index contributed by atoms with van der Waals surface area (Å²) in [5, 5.41) is 33.6. The van der Waals surface area contributed by atoms with Gasteiger partial charge in [0.15, 0.2) is 5.65 Å². The van der Waals surface area contributed by atoms with Gasteiger partial charge in [0.05, 0.1) is 24.1 Å². The molecule has 3 atom stereocenters. The highest BCUT2D eigenvalue weighted by Crippen LogP contribution is 2.41. The van der Waals surface area contributed by atoms with Gasteiger partial charge in [0.2, 0.25) is 5.92 Å². The van der Waals surface area contributed by atoms with Gasteiger partial charge < -0.3 is 15.5 Å². The second-order valence-electron chi connectivity index (χ2n) is 9.67. The number of halogens is 5. The van der Waals surface area contributed by atoms with Crippen molar-refractivity contribution in [3.8, 4) is 0 Å². The largest absolute Gasteiger partial charge is 0.389 e. The smallest absolute Gasteiger partial charge is 0.379 e. The Labute approximate surface area is 220 Å². The van der Waals surface area contributed by atoms with E-state index in [0.717, 1.165) is 0 Å². The van der Waals surface area contributed by atoms with Gasteiger partial charge in [-0.3, -0.25) is 14.8 Å². The van der Waals surface area contributed by atoms with Crippen LogP contribution in [0.3, 0.4) is 0 Å². The lowest BCUT2D eigenvalue weighted by atomic mass is 9.81. The number of amides is 1. The number of nitrogens with zero attached hydrogens (tertiary/aromatic N) is 5. The van der Waals surface area contributed by atoms with Crippen molar-refractivity contribution in [3.05, 3.63) is 47.7 Å². The fraction of sp³-hybridized carbons (Fsp3) is 0.583. The Hall–Kier alpha value is -3.17. The molecule has 214 valence electrons. The van der Waals surface area contributed by atoms with Crippen LogP contribution in [0.5, 0.6) is 0 Å². The average Bonchev–Trinajstić information content (AvgIpc) is 3.52. The molecule has 10 nitrogen and oxygen atoms in total. The molecule has 3 aromatic rings. The van der Waals surface area contributed by atoms with Crippen LogP contribution in [0.15, 0.2) is 30.7 Å². The summed E-state index contributed by atoms with van der Waals surface area (Å²) < 4.78 is 67.8. The summed E-state index contributed by atoms with van der Waals surface area (Å²) in [6, 6.07) is 2.26. The van der Waals surface area contributed by atoms with Gasteiger partial charge in [-0.15, -0.1) is 0 Å².